The summed E-state index contributed by atoms with van der Waals surface area (Å²) in [6.45, 7) is 5.51. The molecule has 0 aromatic heterocycles. The van der Waals surface area contributed by atoms with E-state index in [2.05, 4.69) is 36.1 Å². The van der Waals surface area contributed by atoms with Crippen molar-refractivity contribution in [1.29, 1.82) is 0 Å². The summed E-state index contributed by atoms with van der Waals surface area (Å²) in [5.41, 5.74) is 0.600. The molecule has 4 rings (SSSR count). The first-order valence-electron chi connectivity index (χ1n) is 7.33. The molecule has 2 fully saturated rings. The average Bonchev–Trinajstić information content (AvgIpc) is 3.08. The van der Waals surface area contributed by atoms with Crippen molar-refractivity contribution in [2.24, 2.45) is 11.8 Å². The third kappa shape index (κ3) is 1.50. The van der Waals surface area contributed by atoms with Gasteiger partial charge in [0.05, 0.1) is 17.4 Å². The zero-order valence-electron chi connectivity index (χ0n) is 12.2. The summed E-state index contributed by atoms with van der Waals surface area (Å²) in [6, 6.07) is 8.41. The fourth-order valence-electron chi connectivity index (χ4n) is 4.12. The molecule has 0 amide bonds. The number of nitrogens with zero attached hydrogens (tertiary/aromatic N) is 2. The van der Waals surface area contributed by atoms with Crippen molar-refractivity contribution in [2.75, 3.05) is 18.0 Å². The fraction of sp³-hybridized carbons (Fsp3) is 0.500. The minimum Gasteiger partial charge on any atom is -0.368 e. The summed E-state index contributed by atoms with van der Waals surface area (Å²) in [6.07, 6.45) is 3.58. The summed E-state index contributed by atoms with van der Waals surface area (Å²) in [4.78, 5) is 13.4. The van der Waals surface area contributed by atoms with Crippen LogP contribution >= 0.6 is 0 Å². The molecule has 5 heteroatoms. The fourth-order valence-corrected chi connectivity index (χ4v) is 4.12. The Morgan fingerprint density at radius 1 is 1.33 bits per heavy atom. The highest BCUT2D eigenvalue weighted by atomic mass is 16.7. The van der Waals surface area contributed by atoms with E-state index in [4.69, 9.17) is 4.74 Å². The molecule has 5 nitrogen and oxygen atoms in total. The number of hydrogen-bond acceptors (Lipinski definition) is 4. The van der Waals surface area contributed by atoms with Crippen LogP contribution in [-0.2, 0) is 4.74 Å². The molecule has 3 aliphatic rings. The minimum absolute atomic E-state index is 0.104. The average molecular weight is 286 g/mol. The maximum absolute atomic E-state index is 11.4. The molecule has 0 radical (unpaired) electrons. The van der Waals surface area contributed by atoms with E-state index in [1.165, 1.54) is 5.56 Å². The lowest BCUT2D eigenvalue weighted by Gasteiger charge is -2.25. The first-order chi connectivity index (χ1) is 9.97. The van der Waals surface area contributed by atoms with Gasteiger partial charge in [-0.1, -0.05) is 24.6 Å². The van der Waals surface area contributed by atoms with Gasteiger partial charge in [0, 0.05) is 24.2 Å². The van der Waals surface area contributed by atoms with Crippen molar-refractivity contribution < 1.29 is 9.66 Å². The number of benzene rings is 1. The molecular formula is C16H18N2O3. The van der Waals surface area contributed by atoms with Crippen LogP contribution in [0.25, 0.3) is 0 Å². The van der Waals surface area contributed by atoms with E-state index < -0.39 is 11.3 Å². The Kier molecular flexibility index (Phi) is 2.35. The molecule has 1 unspecified atom stereocenters. The van der Waals surface area contributed by atoms with E-state index in [0.717, 1.165) is 12.2 Å². The van der Waals surface area contributed by atoms with Gasteiger partial charge in [0.25, 0.3) is 0 Å². The standard InChI is InChI=1S/C16H18N2O3/c1-11-3-5-13(6-4-11)17-9-14-12(2)16(18(19)20)8-7-15(14,10-17)21-16/h3-8,12,14H,9-10H2,1-2H3/t12-,14?,15-,16-/m1/s1. The highest BCUT2D eigenvalue weighted by Crippen LogP contribution is 2.57. The Labute approximate surface area is 123 Å². The molecule has 21 heavy (non-hydrogen) atoms. The van der Waals surface area contributed by atoms with Gasteiger partial charge in [0.2, 0.25) is 0 Å². The monoisotopic (exact) mass is 286 g/mol. The molecule has 3 aliphatic heterocycles. The number of rotatable bonds is 2. The molecular weight excluding hydrogens is 268 g/mol. The van der Waals surface area contributed by atoms with Crippen molar-refractivity contribution in [1.82, 2.24) is 0 Å². The third-order valence-electron chi connectivity index (χ3n) is 5.38. The van der Waals surface area contributed by atoms with Gasteiger partial charge in [-0.05, 0) is 25.1 Å². The normalized spacial score (nSPS) is 39.8. The summed E-state index contributed by atoms with van der Waals surface area (Å²) in [5.74, 6) is 0.0714. The Morgan fingerprint density at radius 2 is 2.05 bits per heavy atom. The summed E-state index contributed by atoms with van der Waals surface area (Å²) in [7, 11) is 0. The molecule has 0 aliphatic carbocycles. The Hall–Kier alpha value is -1.88. The molecule has 1 aromatic carbocycles. The van der Waals surface area contributed by atoms with Gasteiger partial charge < -0.3 is 4.90 Å². The maximum Gasteiger partial charge on any atom is 0.348 e. The molecule has 2 saturated heterocycles. The van der Waals surface area contributed by atoms with E-state index in [0.29, 0.717) is 6.54 Å². The van der Waals surface area contributed by atoms with Crippen molar-refractivity contribution in [3.8, 4) is 0 Å². The molecule has 4 atom stereocenters. The maximum atomic E-state index is 11.4. The number of nitro groups is 1. The molecule has 110 valence electrons. The van der Waals surface area contributed by atoms with Gasteiger partial charge >= 0.3 is 5.72 Å². The quantitative estimate of drug-likeness (QED) is 0.476. The lowest BCUT2D eigenvalue weighted by Crippen LogP contribution is -2.42. The van der Waals surface area contributed by atoms with Crippen LogP contribution in [-0.4, -0.2) is 29.3 Å². The minimum atomic E-state index is -1.30. The van der Waals surface area contributed by atoms with Crippen LogP contribution in [0.4, 0.5) is 5.69 Å². The predicted octanol–water partition coefficient (Wildman–Crippen LogP) is 2.38. The Balaban J connectivity index is 1.65. The lowest BCUT2D eigenvalue weighted by atomic mass is 9.76. The van der Waals surface area contributed by atoms with Crippen molar-refractivity contribution >= 4 is 5.69 Å². The Morgan fingerprint density at radius 3 is 2.67 bits per heavy atom. The van der Waals surface area contributed by atoms with E-state index in [1.54, 1.807) is 6.08 Å². The van der Waals surface area contributed by atoms with Crippen LogP contribution in [0.1, 0.15) is 12.5 Å². The number of aryl methyl sites for hydroxylation is 1. The number of ether oxygens (including phenoxy) is 1. The van der Waals surface area contributed by atoms with E-state index in [-0.39, 0.29) is 16.8 Å². The van der Waals surface area contributed by atoms with Crippen LogP contribution in [0.5, 0.6) is 0 Å². The van der Waals surface area contributed by atoms with Gasteiger partial charge in [0.1, 0.15) is 5.60 Å². The zero-order valence-corrected chi connectivity index (χ0v) is 12.2. The number of fused-ring (bicyclic) bond motifs is 1. The van der Waals surface area contributed by atoms with Crippen molar-refractivity contribution in [2.45, 2.75) is 25.2 Å². The van der Waals surface area contributed by atoms with E-state index in [9.17, 15) is 10.1 Å². The molecule has 2 bridgehead atoms. The van der Waals surface area contributed by atoms with Gasteiger partial charge in [0.15, 0.2) is 0 Å². The van der Waals surface area contributed by atoms with E-state index >= 15 is 0 Å². The Bertz CT molecular complexity index is 641. The molecule has 1 aromatic rings. The van der Waals surface area contributed by atoms with Gasteiger partial charge in [-0.25, -0.2) is 0 Å². The molecule has 0 N–H and O–H groups in total. The third-order valence-corrected chi connectivity index (χ3v) is 5.38. The summed E-state index contributed by atoms with van der Waals surface area (Å²) in [5, 5.41) is 11.4. The number of hydrogen-bond donors (Lipinski definition) is 0. The first-order valence-corrected chi connectivity index (χ1v) is 7.33. The summed E-state index contributed by atoms with van der Waals surface area (Å²) >= 11 is 0. The molecule has 1 spiro atoms. The SMILES string of the molecule is Cc1ccc(N2CC3[C@@H](C)[C@@]4([N+](=O)[O-])C=C[C@]3(C2)O4)cc1. The second kappa shape index (κ2) is 3.85. The van der Waals surface area contributed by atoms with Gasteiger partial charge in [-0.3, -0.25) is 14.9 Å². The number of anilines is 1. The van der Waals surface area contributed by atoms with Crippen LogP contribution < -0.4 is 4.90 Å². The van der Waals surface area contributed by atoms with E-state index in [1.807, 2.05) is 13.0 Å². The highest BCUT2D eigenvalue weighted by Gasteiger charge is 2.72. The van der Waals surface area contributed by atoms with Crippen LogP contribution in [0.2, 0.25) is 0 Å². The topological polar surface area (TPSA) is 55.6 Å². The van der Waals surface area contributed by atoms with Crippen LogP contribution in [0.15, 0.2) is 36.4 Å². The highest BCUT2D eigenvalue weighted by molar-refractivity contribution is 5.51. The van der Waals surface area contributed by atoms with Gasteiger partial charge in [-0.2, -0.15) is 0 Å². The smallest absolute Gasteiger partial charge is 0.348 e. The van der Waals surface area contributed by atoms with Crippen LogP contribution in [0.3, 0.4) is 0 Å². The molecule has 0 saturated carbocycles. The summed E-state index contributed by atoms with van der Waals surface area (Å²) < 4.78 is 5.97. The second-order valence-electron chi connectivity index (χ2n) is 6.51. The zero-order chi connectivity index (χ0) is 14.8. The van der Waals surface area contributed by atoms with Crippen LogP contribution in [0, 0.1) is 28.9 Å². The lowest BCUT2D eigenvalue weighted by molar-refractivity contribution is -0.615. The predicted molar refractivity (Wildman–Crippen MR) is 78.7 cm³/mol. The van der Waals surface area contributed by atoms with Crippen molar-refractivity contribution in [3.05, 3.63) is 52.1 Å². The van der Waals surface area contributed by atoms with Crippen molar-refractivity contribution in [3.63, 3.8) is 0 Å². The first kappa shape index (κ1) is 12.8. The molecule has 3 heterocycles. The second-order valence-corrected chi connectivity index (χ2v) is 6.51. The largest absolute Gasteiger partial charge is 0.368 e. The van der Waals surface area contributed by atoms with Gasteiger partial charge in [-0.15, -0.1) is 0 Å².